The zero-order valence-corrected chi connectivity index (χ0v) is 10.4. The minimum Gasteiger partial charge on any atom is -0.496 e. The van der Waals surface area contributed by atoms with Crippen LogP contribution in [0, 0.1) is 5.92 Å². The first-order valence-corrected chi connectivity index (χ1v) is 5.57. The van der Waals surface area contributed by atoms with E-state index in [9.17, 15) is 9.90 Å². The van der Waals surface area contributed by atoms with Crippen molar-refractivity contribution >= 4 is 17.6 Å². The molecule has 94 valence electrons. The molecule has 2 atom stereocenters. The van der Waals surface area contributed by atoms with Crippen molar-refractivity contribution in [3.8, 4) is 5.75 Å². The van der Waals surface area contributed by atoms with Crippen LogP contribution in [0.25, 0.3) is 0 Å². The van der Waals surface area contributed by atoms with Crippen molar-refractivity contribution in [1.29, 1.82) is 0 Å². The van der Waals surface area contributed by atoms with Gasteiger partial charge in [0.05, 0.1) is 24.7 Å². The lowest BCUT2D eigenvalue weighted by Crippen LogP contribution is -2.14. The summed E-state index contributed by atoms with van der Waals surface area (Å²) < 4.78 is 5.11. The highest BCUT2D eigenvalue weighted by atomic mass is 35.5. The predicted molar refractivity (Wildman–Crippen MR) is 64.4 cm³/mol. The van der Waals surface area contributed by atoms with Crippen LogP contribution in [0.2, 0.25) is 5.02 Å². The van der Waals surface area contributed by atoms with E-state index < -0.39 is 18.0 Å². The summed E-state index contributed by atoms with van der Waals surface area (Å²) in [7, 11) is 1.48. The fourth-order valence-electron chi connectivity index (χ4n) is 1.65. The SMILES string of the molecule is COc1cccc(Cl)c1C(O)C(C)CC(=O)O. The Morgan fingerprint density at radius 1 is 1.53 bits per heavy atom. The molecule has 0 amide bonds. The van der Waals surface area contributed by atoms with Crippen LogP contribution in [0.1, 0.15) is 25.0 Å². The molecule has 0 bridgehead atoms. The molecule has 0 aliphatic carbocycles. The van der Waals surface area contributed by atoms with Gasteiger partial charge < -0.3 is 14.9 Å². The van der Waals surface area contributed by atoms with Gasteiger partial charge in [-0.3, -0.25) is 4.79 Å². The number of methoxy groups -OCH3 is 1. The molecule has 1 aromatic carbocycles. The highest BCUT2D eigenvalue weighted by Crippen LogP contribution is 2.36. The summed E-state index contributed by atoms with van der Waals surface area (Å²) in [5.74, 6) is -0.939. The third kappa shape index (κ3) is 3.35. The third-order valence-electron chi connectivity index (χ3n) is 2.56. The average Bonchev–Trinajstić information content (AvgIpc) is 2.26. The first-order chi connectivity index (χ1) is 7.97. The molecule has 0 heterocycles. The number of carbonyl (C=O) groups is 1. The number of benzene rings is 1. The number of aliphatic hydroxyl groups excluding tert-OH is 1. The maximum absolute atomic E-state index is 10.6. The number of aliphatic hydroxyl groups is 1. The Bertz CT molecular complexity index is 405. The molecular formula is C12H15ClO4. The predicted octanol–water partition coefficient (Wildman–Crippen LogP) is 2.49. The number of halogens is 1. The van der Waals surface area contributed by atoms with Gasteiger partial charge in [-0.15, -0.1) is 0 Å². The lowest BCUT2D eigenvalue weighted by atomic mass is 9.94. The van der Waals surface area contributed by atoms with Crippen LogP contribution in [-0.4, -0.2) is 23.3 Å². The normalized spacial score (nSPS) is 14.1. The average molecular weight is 259 g/mol. The van der Waals surface area contributed by atoms with Crippen molar-refractivity contribution in [2.75, 3.05) is 7.11 Å². The molecule has 0 saturated heterocycles. The molecule has 5 heteroatoms. The van der Waals surface area contributed by atoms with Gasteiger partial charge in [-0.05, 0) is 18.1 Å². The van der Waals surface area contributed by atoms with E-state index in [0.717, 1.165) is 0 Å². The number of hydrogen-bond acceptors (Lipinski definition) is 3. The maximum Gasteiger partial charge on any atom is 0.303 e. The van der Waals surface area contributed by atoms with Gasteiger partial charge in [-0.2, -0.15) is 0 Å². The van der Waals surface area contributed by atoms with Crippen molar-refractivity contribution in [1.82, 2.24) is 0 Å². The molecule has 0 radical (unpaired) electrons. The summed E-state index contributed by atoms with van der Waals surface area (Å²) in [6.07, 6.45) is -1.09. The smallest absolute Gasteiger partial charge is 0.303 e. The topological polar surface area (TPSA) is 66.8 Å². The van der Waals surface area contributed by atoms with Crippen LogP contribution in [0.3, 0.4) is 0 Å². The molecule has 2 unspecified atom stereocenters. The standard InChI is InChI=1S/C12H15ClO4/c1-7(6-10(14)15)12(16)11-8(13)4-3-5-9(11)17-2/h3-5,7,12,16H,6H2,1-2H3,(H,14,15). The van der Waals surface area contributed by atoms with Crippen molar-refractivity contribution < 1.29 is 19.7 Å². The number of aliphatic carboxylic acids is 1. The lowest BCUT2D eigenvalue weighted by Gasteiger charge is -2.20. The molecule has 1 aromatic rings. The highest BCUT2D eigenvalue weighted by Gasteiger charge is 2.24. The van der Waals surface area contributed by atoms with Crippen LogP contribution >= 0.6 is 11.6 Å². The Morgan fingerprint density at radius 3 is 2.71 bits per heavy atom. The molecule has 0 aliphatic rings. The first-order valence-electron chi connectivity index (χ1n) is 5.19. The Hall–Kier alpha value is -1.26. The van der Waals surface area contributed by atoms with Gasteiger partial charge in [-0.1, -0.05) is 24.6 Å². The second kappa shape index (κ2) is 5.89. The first kappa shape index (κ1) is 13.8. The van der Waals surface area contributed by atoms with Crippen molar-refractivity contribution in [3.05, 3.63) is 28.8 Å². The van der Waals surface area contributed by atoms with Crippen molar-refractivity contribution in [2.45, 2.75) is 19.4 Å². The zero-order chi connectivity index (χ0) is 13.0. The fourth-order valence-corrected chi connectivity index (χ4v) is 1.93. The fraction of sp³-hybridized carbons (Fsp3) is 0.417. The van der Waals surface area contributed by atoms with Crippen LogP contribution < -0.4 is 4.74 Å². The van der Waals surface area contributed by atoms with E-state index in [1.807, 2.05) is 0 Å². The van der Waals surface area contributed by atoms with E-state index in [0.29, 0.717) is 16.3 Å². The van der Waals surface area contributed by atoms with Crippen LogP contribution in [-0.2, 0) is 4.79 Å². The summed E-state index contributed by atoms with van der Waals surface area (Å²) in [4.78, 5) is 10.6. The summed E-state index contributed by atoms with van der Waals surface area (Å²) in [6.45, 7) is 1.65. The summed E-state index contributed by atoms with van der Waals surface area (Å²) in [5, 5.41) is 19.2. The van der Waals surface area contributed by atoms with Gasteiger partial charge in [-0.25, -0.2) is 0 Å². The van der Waals surface area contributed by atoms with E-state index in [4.69, 9.17) is 21.4 Å². The van der Waals surface area contributed by atoms with E-state index in [-0.39, 0.29) is 6.42 Å². The lowest BCUT2D eigenvalue weighted by molar-refractivity contribution is -0.139. The maximum atomic E-state index is 10.6. The minimum absolute atomic E-state index is 0.129. The molecule has 0 spiro atoms. The van der Waals surface area contributed by atoms with Gasteiger partial charge in [0.1, 0.15) is 5.75 Å². The minimum atomic E-state index is -0.963. The molecule has 0 fully saturated rings. The monoisotopic (exact) mass is 258 g/mol. The van der Waals surface area contributed by atoms with Crippen molar-refractivity contribution in [2.24, 2.45) is 5.92 Å². The van der Waals surface area contributed by atoms with Crippen LogP contribution in [0.15, 0.2) is 18.2 Å². The van der Waals surface area contributed by atoms with Gasteiger partial charge in [0.25, 0.3) is 0 Å². The summed E-state index contributed by atoms with van der Waals surface area (Å²) >= 11 is 6.00. The van der Waals surface area contributed by atoms with Gasteiger partial charge in [0.15, 0.2) is 0 Å². The molecule has 17 heavy (non-hydrogen) atoms. The second-order valence-corrected chi connectivity index (χ2v) is 4.28. The zero-order valence-electron chi connectivity index (χ0n) is 9.68. The molecule has 0 aromatic heterocycles. The number of ether oxygens (including phenoxy) is 1. The van der Waals surface area contributed by atoms with E-state index in [1.165, 1.54) is 7.11 Å². The third-order valence-corrected chi connectivity index (χ3v) is 2.89. The Labute approximate surface area is 105 Å². The van der Waals surface area contributed by atoms with E-state index in [1.54, 1.807) is 25.1 Å². The molecule has 2 N–H and O–H groups in total. The molecule has 0 saturated carbocycles. The molecule has 4 nitrogen and oxygen atoms in total. The molecule has 0 aliphatic heterocycles. The molecular weight excluding hydrogens is 244 g/mol. The number of rotatable bonds is 5. The Kier molecular flexibility index (Phi) is 4.78. The van der Waals surface area contributed by atoms with Gasteiger partial charge >= 0.3 is 5.97 Å². The van der Waals surface area contributed by atoms with Crippen molar-refractivity contribution in [3.63, 3.8) is 0 Å². The molecule has 1 rings (SSSR count). The quantitative estimate of drug-likeness (QED) is 0.852. The number of carboxylic acids is 1. The number of carboxylic acid groups (broad SMARTS) is 1. The Balaban J connectivity index is 3.02. The highest BCUT2D eigenvalue weighted by molar-refractivity contribution is 6.31. The van der Waals surface area contributed by atoms with Crippen LogP contribution in [0.4, 0.5) is 0 Å². The van der Waals surface area contributed by atoms with Gasteiger partial charge in [0, 0.05) is 5.56 Å². The second-order valence-electron chi connectivity index (χ2n) is 3.88. The van der Waals surface area contributed by atoms with Crippen LogP contribution in [0.5, 0.6) is 5.75 Å². The summed E-state index contributed by atoms with van der Waals surface area (Å²) in [6, 6.07) is 5.02. The Morgan fingerprint density at radius 2 is 2.18 bits per heavy atom. The van der Waals surface area contributed by atoms with E-state index in [2.05, 4.69) is 0 Å². The number of hydrogen-bond donors (Lipinski definition) is 2. The van der Waals surface area contributed by atoms with E-state index >= 15 is 0 Å². The van der Waals surface area contributed by atoms with Gasteiger partial charge in [0.2, 0.25) is 0 Å². The largest absolute Gasteiger partial charge is 0.496 e. The summed E-state index contributed by atoms with van der Waals surface area (Å²) in [5.41, 5.74) is 0.436.